The van der Waals surface area contributed by atoms with Gasteiger partial charge in [0, 0.05) is 4.47 Å². The summed E-state index contributed by atoms with van der Waals surface area (Å²) in [6.07, 6.45) is 0. The molecular weight excluding hydrogens is 512 g/mol. The summed E-state index contributed by atoms with van der Waals surface area (Å²) >= 11 is 3.38. The van der Waals surface area contributed by atoms with Crippen molar-refractivity contribution in [2.45, 2.75) is 10.9 Å². The Morgan fingerprint density at radius 3 is 1.71 bits per heavy atom. The fraction of sp³-hybridized carbons (Fsp3) is 0.0741. The van der Waals surface area contributed by atoms with Crippen molar-refractivity contribution < 1.29 is 13.2 Å². The summed E-state index contributed by atoms with van der Waals surface area (Å²) < 4.78 is 29.0. The number of sulfonamides is 1. The minimum Gasteiger partial charge on any atom is -0.344 e. The lowest BCUT2D eigenvalue weighted by Crippen LogP contribution is -2.42. The third-order valence-electron chi connectivity index (χ3n) is 5.30. The predicted molar refractivity (Wildman–Crippen MR) is 138 cm³/mol. The SMILES string of the molecule is O=C(CN(c1ccc(Br)cc1)S(=O)(=O)c1ccccc1)NC(c1ccccc1)c1ccccc1. The van der Waals surface area contributed by atoms with Gasteiger partial charge in [-0.3, -0.25) is 9.10 Å². The van der Waals surface area contributed by atoms with Crippen LogP contribution in [0.5, 0.6) is 0 Å². The van der Waals surface area contributed by atoms with Gasteiger partial charge < -0.3 is 5.32 Å². The van der Waals surface area contributed by atoms with E-state index in [9.17, 15) is 13.2 Å². The molecule has 0 atom stereocenters. The molecular formula is C27H23BrN2O3S. The molecule has 0 aliphatic carbocycles. The van der Waals surface area contributed by atoms with Crippen molar-refractivity contribution in [3.63, 3.8) is 0 Å². The summed E-state index contributed by atoms with van der Waals surface area (Å²) in [5, 5.41) is 3.03. The van der Waals surface area contributed by atoms with Gasteiger partial charge in [-0.25, -0.2) is 8.42 Å². The highest BCUT2D eigenvalue weighted by atomic mass is 79.9. The largest absolute Gasteiger partial charge is 0.344 e. The van der Waals surface area contributed by atoms with Crippen molar-refractivity contribution in [1.82, 2.24) is 5.32 Å². The Hall–Kier alpha value is -3.42. The Bertz CT molecular complexity index is 1290. The van der Waals surface area contributed by atoms with Crippen LogP contribution in [0.2, 0.25) is 0 Å². The first-order valence-electron chi connectivity index (χ1n) is 10.7. The van der Waals surface area contributed by atoms with Gasteiger partial charge >= 0.3 is 0 Å². The number of anilines is 1. The fourth-order valence-electron chi connectivity index (χ4n) is 3.63. The summed E-state index contributed by atoms with van der Waals surface area (Å²) in [4.78, 5) is 13.4. The lowest BCUT2D eigenvalue weighted by atomic mass is 9.99. The average molecular weight is 535 g/mol. The number of halogens is 1. The minimum absolute atomic E-state index is 0.119. The zero-order valence-corrected chi connectivity index (χ0v) is 20.6. The maximum atomic E-state index is 13.5. The van der Waals surface area contributed by atoms with Crippen LogP contribution >= 0.6 is 15.9 Å². The highest BCUT2D eigenvalue weighted by molar-refractivity contribution is 9.10. The Morgan fingerprint density at radius 1 is 0.735 bits per heavy atom. The summed E-state index contributed by atoms with van der Waals surface area (Å²) in [6, 6.07) is 33.7. The molecule has 0 aliphatic rings. The van der Waals surface area contributed by atoms with E-state index in [0.717, 1.165) is 19.9 Å². The molecule has 34 heavy (non-hydrogen) atoms. The van der Waals surface area contributed by atoms with Crippen LogP contribution in [0.3, 0.4) is 0 Å². The molecule has 1 N–H and O–H groups in total. The maximum Gasteiger partial charge on any atom is 0.264 e. The molecule has 4 aromatic carbocycles. The van der Waals surface area contributed by atoms with E-state index in [1.807, 2.05) is 60.7 Å². The molecule has 0 saturated carbocycles. The highest BCUT2D eigenvalue weighted by Gasteiger charge is 2.28. The van der Waals surface area contributed by atoms with Gasteiger partial charge in [-0.1, -0.05) is 94.8 Å². The standard InChI is InChI=1S/C27H23BrN2O3S/c28-23-16-18-24(19-17-23)30(34(32,33)25-14-8-3-9-15-25)20-26(31)29-27(21-10-4-1-5-11-21)22-12-6-2-7-13-22/h1-19,27H,20H2,(H,29,31). The van der Waals surface area contributed by atoms with E-state index < -0.39 is 22.0 Å². The molecule has 4 aromatic rings. The average Bonchev–Trinajstić information content (AvgIpc) is 2.88. The smallest absolute Gasteiger partial charge is 0.264 e. The minimum atomic E-state index is -3.97. The van der Waals surface area contributed by atoms with Crippen molar-refractivity contribution in [2.75, 3.05) is 10.8 Å². The molecule has 0 unspecified atom stereocenters. The van der Waals surface area contributed by atoms with Gasteiger partial charge in [-0.15, -0.1) is 0 Å². The van der Waals surface area contributed by atoms with Gasteiger partial charge in [0.15, 0.2) is 0 Å². The van der Waals surface area contributed by atoms with Gasteiger partial charge in [-0.05, 0) is 47.5 Å². The summed E-state index contributed by atoms with van der Waals surface area (Å²) in [5.74, 6) is -0.417. The number of rotatable bonds is 8. The van der Waals surface area contributed by atoms with Gasteiger partial charge in [0.05, 0.1) is 16.6 Å². The van der Waals surface area contributed by atoms with Gasteiger partial charge in [0.2, 0.25) is 5.91 Å². The molecule has 0 saturated heterocycles. The van der Waals surface area contributed by atoms with E-state index in [-0.39, 0.29) is 11.4 Å². The molecule has 0 spiro atoms. The molecule has 172 valence electrons. The van der Waals surface area contributed by atoms with E-state index >= 15 is 0 Å². The number of nitrogens with zero attached hydrogens (tertiary/aromatic N) is 1. The third-order valence-corrected chi connectivity index (χ3v) is 7.62. The van der Waals surface area contributed by atoms with E-state index in [0.29, 0.717) is 5.69 Å². The van der Waals surface area contributed by atoms with Crippen LogP contribution in [-0.2, 0) is 14.8 Å². The summed E-state index contributed by atoms with van der Waals surface area (Å²) in [5.41, 5.74) is 2.21. The molecule has 0 bridgehead atoms. The number of carbonyl (C=O) groups is 1. The number of hydrogen-bond donors (Lipinski definition) is 1. The van der Waals surface area contributed by atoms with Crippen LogP contribution in [0.1, 0.15) is 17.2 Å². The molecule has 4 rings (SSSR count). The Labute approximate surface area is 208 Å². The van der Waals surface area contributed by atoms with Gasteiger partial charge in [0.1, 0.15) is 6.54 Å². The molecule has 7 heteroatoms. The number of hydrogen-bond acceptors (Lipinski definition) is 3. The Balaban J connectivity index is 1.67. The number of benzene rings is 4. The first-order chi connectivity index (χ1) is 16.4. The van der Waals surface area contributed by atoms with Crippen LogP contribution in [0, 0.1) is 0 Å². The fourth-order valence-corrected chi connectivity index (χ4v) is 5.34. The van der Waals surface area contributed by atoms with Gasteiger partial charge in [-0.2, -0.15) is 0 Å². The van der Waals surface area contributed by atoms with Crippen LogP contribution in [0.15, 0.2) is 125 Å². The van der Waals surface area contributed by atoms with Crippen molar-refractivity contribution >= 4 is 37.5 Å². The van der Waals surface area contributed by atoms with Gasteiger partial charge in [0.25, 0.3) is 10.0 Å². The van der Waals surface area contributed by atoms with Crippen molar-refractivity contribution in [3.8, 4) is 0 Å². The van der Waals surface area contributed by atoms with Crippen LogP contribution in [0.4, 0.5) is 5.69 Å². The second-order valence-electron chi connectivity index (χ2n) is 7.62. The summed E-state index contributed by atoms with van der Waals surface area (Å²) in [6.45, 7) is -0.366. The van der Waals surface area contributed by atoms with Crippen molar-refractivity contribution in [2.24, 2.45) is 0 Å². The summed E-state index contributed by atoms with van der Waals surface area (Å²) in [7, 11) is -3.97. The number of carbonyl (C=O) groups excluding carboxylic acids is 1. The second kappa shape index (κ2) is 10.7. The molecule has 0 radical (unpaired) electrons. The van der Waals surface area contributed by atoms with Crippen molar-refractivity contribution in [3.05, 3.63) is 131 Å². The second-order valence-corrected chi connectivity index (χ2v) is 10.4. The predicted octanol–water partition coefficient (Wildman–Crippen LogP) is 5.55. The lowest BCUT2D eigenvalue weighted by molar-refractivity contribution is -0.120. The monoisotopic (exact) mass is 534 g/mol. The number of nitrogens with one attached hydrogen (secondary N) is 1. The molecule has 1 amide bonds. The third kappa shape index (κ3) is 5.55. The molecule has 5 nitrogen and oxygen atoms in total. The van der Waals surface area contributed by atoms with E-state index in [2.05, 4.69) is 21.2 Å². The van der Waals surface area contributed by atoms with Crippen LogP contribution in [0.25, 0.3) is 0 Å². The molecule has 0 heterocycles. The van der Waals surface area contributed by atoms with Crippen molar-refractivity contribution in [1.29, 1.82) is 0 Å². The van der Waals surface area contributed by atoms with Crippen LogP contribution in [-0.4, -0.2) is 20.9 Å². The highest BCUT2D eigenvalue weighted by Crippen LogP contribution is 2.26. The lowest BCUT2D eigenvalue weighted by Gasteiger charge is -2.26. The molecule has 0 fully saturated rings. The van der Waals surface area contributed by atoms with E-state index in [1.54, 1.807) is 42.5 Å². The van der Waals surface area contributed by atoms with E-state index in [4.69, 9.17) is 0 Å². The Morgan fingerprint density at radius 2 is 1.21 bits per heavy atom. The normalized spacial score (nSPS) is 11.2. The van der Waals surface area contributed by atoms with Crippen LogP contribution < -0.4 is 9.62 Å². The Kier molecular flexibility index (Phi) is 7.45. The molecule has 0 aliphatic heterocycles. The molecule has 0 aromatic heterocycles. The zero-order chi connectivity index (χ0) is 24.0. The first-order valence-corrected chi connectivity index (χ1v) is 12.9. The zero-order valence-electron chi connectivity index (χ0n) is 18.2. The first kappa shape index (κ1) is 23.7. The maximum absolute atomic E-state index is 13.5. The topological polar surface area (TPSA) is 66.5 Å². The quantitative estimate of drug-likeness (QED) is 0.322. The van der Waals surface area contributed by atoms with E-state index in [1.165, 1.54) is 12.1 Å². The number of amides is 1.